The second kappa shape index (κ2) is 5.75. The van der Waals surface area contributed by atoms with Crippen molar-refractivity contribution in [2.45, 2.75) is 31.2 Å². The first-order valence-electron chi connectivity index (χ1n) is 6.58. The van der Waals surface area contributed by atoms with Crippen molar-refractivity contribution in [2.24, 2.45) is 5.84 Å². The summed E-state index contributed by atoms with van der Waals surface area (Å²) in [6, 6.07) is 10.9. The highest BCUT2D eigenvalue weighted by Crippen LogP contribution is 2.41. The predicted molar refractivity (Wildman–Crippen MR) is 84.2 cm³/mol. The maximum Gasteiger partial charge on any atom is 0.0805 e. The lowest BCUT2D eigenvalue weighted by Gasteiger charge is -2.30. The average molecular weight is 337 g/mol. The molecule has 100 valence electrons. The maximum absolute atomic E-state index is 5.82. The first-order valence-corrected chi connectivity index (χ1v) is 8.25. The summed E-state index contributed by atoms with van der Waals surface area (Å²) in [6.45, 7) is 0. The van der Waals surface area contributed by atoms with Crippen LogP contribution in [0.2, 0.25) is 0 Å². The number of nitrogens with two attached hydrogens (primary N) is 1. The summed E-state index contributed by atoms with van der Waals surface area (Å²) in [6.07, 6.45) is 3.97. The number of benzene rings is 1. The van der Waals surface area contributed by atoms with Crippen LogP contribution in [0.25, 0.3) is 0 Å². The second-order valence-electron chi connectivity index (χ2n) is 5.02. The Morgan fingerprint density at radius 1 is 1.32 bits per heavy atom. The van der Waals surface area contributed by atoms with Gasteiger partial charge in [0.25, 0.3) is 0 Å². The van der Waals surface area contributed by atoms with Crippen LogP contribution in [0.1, 0.15) is 47.2 Å². The number of hydrogen-bond donors (Lipinski definition) is 2. The van der Waals surface area contributed by atoms with Gasteiger partial charge in [0, 0.05) is 14.7 Å². The minimum Gasteiger partial charge on any atom is -0.271 e. The van der Waals surface area contributed by atoms with Gasteiger partial charge < -0.3 is 0 Å². The Labute approximate surface area is 126 Å². The van der Waals surface area contributed by atoms with Gasteiger partial charge in [-0.1, -0.05) is 30.7 Å². The summed E-state index contributed by atoms with van der Waals surface area (Å²) >= 11 is 5.25. The van der Waals surface area contributed by atoms with Crippen LogP contribution >= 0.6 is 27.3 Å². The zero-order valence-electron chi connectivity index (χ0n) is 10.6. The summed E-state index contributed by atoms with van der Waals surface area (Å²) in [7, 11) is 0. The molecule has 1 saturated carbocycles. The molecule has 1 fully saturated rings. The molecule has 1 aliphatic rings. The van der Waals surface area contributed by atoms with Gasteiger partial charge in [-0.15, -0.1) is 11.3 Å². The van der Waals surface area contributed by atoms with Crippen molar-refractivity contribution in [3.63, 3.8) is 0 Å². The molecule has 0 aliphatic heterocycles. The van der Waals surface area contributed by atoms with Gasteiger partial charge in [-0.25, -0.2) is 5.43 Å². The fourth-order valence-corrected chi connectivity index (χ4v) is 4.19. The Hall–Kier alpha value is -0.680. The highest BCUT2D eigenvalue weighted by molar-refractivity contribution is 9.10. The van der Waals surface area contributed by atoms with Crippen molar-refractivity contribution in [3.8, 4) is 0 Å². The molecule has 2 aromatic rings. The quantitative estimate of drug-likeness (QED) is 0.644. The van der Waals surface area contributed by atoms with E-state index in [-0.39, 0.29) is 6.04 Å². The molecule has 4 heteroatoms. The molecule has 1 aromatic carbocycles. The standard InChI is InChI=1S/C15H17BrN2S/c16-11-8-14(19-9-11)15(18-17)13-7-2-1-6-12(13)10-4-3-5-10/h1-2,6-10,15,18H,3-5,17H2. The summed E-state index contributed by atoms with van der Waals surface area (Å²) in [5.41, 5.74) is 5.76. The van der Waals surface area contributed by atoms with Gasteiger partial charge >= 0.3 is 0 Å². The van der Waals surface area contributed by atoms with E-state index in [0.717, 1.165) is 10.4 Å². The molecule has 19 heavy (non-hydrogen) atoms. The number of halogens is 1. The zero-order chi connectivity index (χ0) is 13.2. The molecule has 1 heterocycles. The van der Waals surface area contributed by atoms with Crippen LogP contribution in [0.3, 0.4) is 0 Å². The molecular weight excluding hydrogens is 320 g/mol. The highest BCUT2D eigenvalue weighted by Gasteiger charge is 2.25. The second-order valence-corrected chi connectivity index (χ2v) is 6.88. The Kier molecular flexibility index (Phi) is 4.03. The minimum absolute atomic E-state index is 0.0908. The lowest BCUT2D eigenvalue weighted by Crippen LogP contribution is -2.29. The minimum atomic E-state index is 0.0908. The van der Waals surface area contributed by atoms with Crippen molar-refractivity contribution in [1.82, 2.24) is 5.43 Å². The van der Waals surface area contributed by atoms with E-state index in [0.29, 0.717) is 0 Å². The molecular formula is C15H17BrN2S. The van der Waals surface area contributed by atoms with E-state index in [1.54, 1.807) is 11.3 Å². The molecule has 0 saturated heterocycles. The van der Waals surface area contributed by atoms with Gasteiger partial charge in [-0.3, -0.25) is 5.84 Å². The Bertz CT molecular complexity index is 563. The van der Waals surface area contributed by atoms with Crippen LogP contribution < -0.4 is 11.3 Å². The third-order valence-corrected chi connectivity index (χ3v) is 5.65. The first-order chi connectivity index (χ1) is 9.29. The highest BCUT2D eigenvalue weighted by atomic mass is 79.9. The van der Waals surface area contributed by atoms with E-state index in [1.807, 2.05) is 0 Å². The molecule has 0 spiro atoms. The Balaban J connectivity index is 1.99. The van der Waals surface area contributed by atoms with Gasteiger partial charge in [0.05, 0.1) is 6.04 Å². The Morgan fingerprint density at radius 3 is 2.68 bits per heavy atom. The van der Waals surface area contributed by atoms with Crippen LogP contribution in [0, 0.1) is 0 Å². The number of thiophene rings is 1. The molecule has 1 unspecified atom stereocenters. The topological polar surface area (TPSA) is 38.0 Å². The summed E-state index contributed by atoms with van der Waals surface area (Å²) in [4.78, 5) is 1.25. The SMILES string of the molecule is NNC(c1cc(Br)cs1)c1ccccc1C1CCC1. The van der Waals surface area contributed by atoms with Crippen LogP contribution in [-0.4, -0.2) is 0 Å². The van der Waals surface area contributed by atoms with E-state index in [4.69, 9.17) is 5.84 Å². The van der Waals surface area contributed by atoms with Gasteiger partial charge in [0.15, 0.2) is 0 Å². The number of nitrogens with one attached hydrogen (secondary N) is 1. The molecule has 2 nitrogen and oxygen atoms in total. The fraction of sp³-hybridized carbons (Fsp3) is 0.333. The zero-order valence-corrected chi connectivity index (χ0v) is 13.0. The van der Waals surface area contributed by atoms with Gasteiger partial charge in [-0.05, 0) is 51.9 Å². The fourth-order valence-electron chi connectivity index (χ4n) is 2.67. The van der Waals surface area contributed by atoms with Crippen molar-refractivity contribution in [2.75, 3.05) is 0 Å². The molecule has 3 rings (SSSR count). The van der Waals surface area contributed by atoms with Crippen molar-refractivity contribution in [1.29, 1.82) is 0 Å². The molecule has 0 radical (unpaired) electrons. The maximum atomic E-state index is 5.82. The number of rotatable bonds is 4. The van der Waals surface area contributed by atoms with E-state index in [2.05, 4.69) is 57.1 Å². The van der Waals surface area contributed by atoms with Gasteiger partial charge in [0.1, 0.15) is 0 Å². The van der Waals surface area contributed by atoms with Crippen molar-refractivity contribution < 1.29 is 0 Å². The summed E-state index contributed by atoms with van der Waals surface area (Å²) in [5, 5.41) is 2.10. The smallest absolute Gasteiger partial charge is 0.0805 e. The Morgan fingerprint density at radius 2 is 2.11 bits per heavy atom. The monoisotopic (exact) mass is 336 g/mol. The molecule has 1 atom stereocenters. The lowest BCUT2D eigenvalue weighted by molar-refractivity contribution is 0.414. The third-order valence-electron chi connectivity index (χ3n) is 3.89. The summed E-state index contributed by atoms with van der Waals surface area (Å²) in [5.74, 6) is 6.53. The van der Waals surface area contributed by atoms with Crippen molar-refractivity contribution in [3.05, 3.63) is 56.2 Å². The molecule has 0 amide bonds. The van der Waals surface area contributed by atoms with Crippen LogP contribution in [0.4, 0.5) is 0 Å². The lowest BCUT2D eigenvalue weighted by atomic mass is 9.77. The first kappa shape index (κ1) is 13.3. The molecule has 3 N–H and O–H groups in total. The van der Waals surface area contributed by atoms with E-state index in [1.165, 1.54) is 35.3 Å². The van der Waals surface area contributed by atoms with Gasteiger partial charge in [0.2, 0.25) is 0 Å². The molecule has 1 aliphatic carbocycles. The largest absolute Gasteiger partial charge is 0.271 e. The van der Waals surface area contributed by atoms with Crippen LogP contribution in [-0.2, 0) is 0 Å². The van der Waals surface area contributed by atoms with Crippen molar-refractivity contribution >= 4 is 27.3 Å². The normalized spacial score (nSPS) is 17.2. The average Bonchev–Trinajstić information content (AvgIpc) is 2.77. The summed E-state index contributed by atoms with van der Waals surface area (Å²) < 4.78 is 1.12. The van der Waals surface area contributed by atoms with Gasteiger partial charge in [-0.2, -0.15) is 0 Å². The molecule has 1 aromatic heterocycles. The van der Waals surface area contributed by atoms with E-state index < -0.39 is 0 Å². The number of hydrogen-bond acceptors (Lipinski definition) is 3. The van der Waals surface area contributed by atoms with Crippen LogP contribution in [0.15, 0.2) is 40.2 Å². The third kappa shape index (κ3) is 2.63. The molecule has 0 bridgehead atoms. The number of hydrazine groups is 1. The van der Waals surface area contributed by atoms with Crippen LogP contribution in [0.5, 0.6) is 0 Å². The predicted octanol–water partition coefficient (Wildman–Crippen LogP) is 4.33. The van der Waals surface area contributed by atoms with E-state index in [9.17, 15) is 0 Å². The van der Waals surface area contributed by atoms with E-state index >= 15 is 0 Å².